The van der Waals surface area contributed by atoms with Crippen molar-refractivity contribution in [2.75, 3.05) is 0 Å². The molecule has 0 spiro atoms. The van der Waals surface area contributed by atoms with Crippen molar-refractivity contribution < 1.29 is 20.1 Å². The van der Waals surface area contributed by atoms with Gasteiger partial charge in [0, 0.05) is 5.56 Å². The number of carboxylic acids is 1. The summed E-state index contributed by atoms with van der Waals surface area (Å²) in [7, 11) is 0. The Morgan fingerprint density at radius 2 is 2.07 bits per heavy atom. The molecule has 0 bridgehead atoms. The minimum Gasteiger partial charge on any atom is -0.507 e. The van der Waals surface area contributed by atoms with Gasteiger partial charge in [0.25, 0.3) is 0 Å². The molecule has 0 amide bonds. The molecule has 0 aromatic heterocycles. The van der Waals surface area contributed by atoms with Crippen molar-refractivity contribution in [1.29, 1.82) is 0 Å². The molecule has 4 nitrogen and oxygen atoms in total. The summed E-state index contributed by atoms with van der Waals surface area (Å²) in [5.74, 6) is -1.66. The number of phenolic OH excluding ortho intramolecular Hbond substituents is 2. The third-order valence-electron chi connectivity index (χ3n) is 1.91. The van der Waals surface area contributed by atoms with E-state index in [2.05, 4.69) is 15.9 Å². The molecule has 1 aromatic carbocycles. The third-order valence-corrected chi connectivity index (χ3v) is 2.69. The number of rotatable bonds is 2. The Balaban J connectivity index is 3.51. The van der Waals surface area contributed by atoms with E-state index < -0.39 is 5.97 Å². The van der Waals surface area contributed by atoms with Crippen LogP contribution in [-0.4, -0.2) is 21.3 Å². The Kier molecular flexibility index (Phi) is 3.00. The van der Waals surface area contributed by atoms with Crippen LogP contribution in [0.15, 0.2) is 10.5 Å². The Bertz CT molecular complexity index is 387. The molecule has 0 heterocycles. The minimum atomic E-state index is -1.17. The van der Waals surface area contributed by atoms with Gasteiger partial charge in [-0.15, -0.1) is 0 Å². The van der Waals surface area contributed by atoms with Crippen molar-refractivity contribution in [3.63, 3.8) is 0 Å². The van der Waals surface area contributed by atoms with E-state index in [9.17, 15) is 15.0 Å². The summed E-state index contributed by atoms with van der Waals surface area (Å²) in [6, 6.07) is 1.12. The average molecular weight is 261 g/mol. The fourth-order valence-corrected chi connectivity index (χ4v) is 1.57. The lowest BCUT2D eigenvalue weighted by Crippen LogP contribution is -2.02. The molecule has 5 heteroatoms. The van der Waals surface area contributed by atoms with Crippen molar-refractivity contribution in [3.05, 3.63) is 21.7 Å². The molecule has 0 fully saturated rings. The maximum Gasteiger partial charge on any atom is 0.336 e. The Labute approximate surface area is 88.9 Å². The molecule has 1 aromatic rings. The first-order chi connectivity index (χ1) is 6.49. The lowest BCUT2D eigenvalue weighted by atomic mass is 10.0. The van der Waals surface area contributed by atoms with Crippen LogP contribution in [0.4, 0.5) is 0 Å². The third kappa shape index (κ3) is 1.68. The first-order valence-electron chi connectivity index (χ1n) is 3.95. The molecule has 0 aliphatic carbocycles. The first kappa shape index (κ1) is 10.8. The molecule has 14 heavy (non-hydrogen) atoms. The van der Waals surface area contributed by atoms with Gasteiger partial charge in [0.15, 0.2) is 0 Å². The second-order valence-electron chi connectivity index (χ2n) is 2.74. The minimum absolute atomic E-state index is 0.0781. The summed E-state index contributed by atoms with van der Waals surface area (Å²) in [4.78, 5) is 10.8. The van der Waals surface area contributed by atoms with Gasteiger partial charge in [-0.05, 0) is 28.4 Å². The fraction of sp³-hybridized carbons (Fsp3) is 0.222. The smallest absolute Gasteiger partial charge is 0.336 e. The number of hydrogen-bond donors (Lipinski definition) is 3. The number of carboxylic acid groups (broad SMARTS) is 1. The predicted octanol–water partition coefficient (Wildman–Crippen LogP) is 2.12. The number of aromatic hydroxyl groups is 2. The summed E-state index contributed by atoms with van der Waals surface area (Å²) in [6.07, 6.45) is 0.381. The van der Waals surface area contributed by atoms with Gasteiger partial charge in [-0.25, -0.2) is 4.79 Å². The van der Waals surface area contributed by atoms with Crippen LogP contribution in [-0.2, 0) is 6.42 Å². The molecule has 0 aliphatic rings. The molecular weight excluding hydrogens is 252 g/mol. The summed E-state index contributed by atoms with van der Waals surface area (Å²) in [5.41, 5.74) is 0.230. The van der Waals surface area contributed by atoms with Gasteiger partial charge in [0.05, 0.1) is 5.56 Å². The van der Waals surface area contributed by atoms with Gasteiger partial charge >= 0.3 is 5.97 Å². The second kappa shape index (κ2) is 3.88. The van der Waals surface area contributed by atoms with Crippen LogP contribution in [0.25, 0.3) is 0 Å². The highest BCUT2D eigenvalue weighted by Gasteiger charge is 2.18. The van der Waals surface area contributed by atoms with Gasteiger partial charge in [0.2, 0.25) is 0 Å². The standard InChI is InChI=1S/C9H9BrO4/c1-2-4-5(9(13)14)3-6(11)7(10)8(4)12/h3,11-12H,2H2,1H3,(H,13,14). The van der Waals surface area contributed by atoms with Gasteiger partial charge in [0.1, 0.15) is 16.0 Å². The molecular formula is C9H9BrO4. The van der Waals surface area contributed by atoms with Gasteiger partial charge in [-0.1, -0.05) is 6.92 Å². The first-order valence-corrected chi connectivity index (χ1v) is 4.74. The van der Waals surface area contributed by atoms with Crippen molar-refractivity contribution in [1.82, 2.24) is 0 Å². The van der Waals surface area contributed by atoms with E-state index in [-0.39, 0.29) is 21.5 Å². The molecule has 1 rings (SSSR count). The van der Waals surface area contributed by atoms with Crippen LogP contribution in [0, 0.1) is 0 Å². The van der Waals surface area contributed by atoms with Crippen LogP contribution in [0.5, 0.6) is 11.5 Å². The second-order valence-corrected chi connectivity index (χ2v) is 3.54. The number of aromatic carboxylic acids is 1. The van der Waals surface area contributed by atoms with E-state index in [1.165, 1.54) is 0 Å². The molecule has 76 valence electrons. The zero-order valence-corrected chi connectivity index (χ0v) is 9.00. The van der Waals surface area contributed by atoms with Crippen LogP contribution in [0.2, 0.25) is 0 Å². The van der Waals surface area contributed by atoms with E-state index in [0.29, 0.717) is 12.0 Å². The predicted molar refractivity (Wildman–Crippen MR) is 53.8 cm³/mol. The van der Waals surface area contributed by atoms with Crippen LogP contribution >= 0.6 is 15.9 Å². The van der Waals surface area contributed by atoms with Crippen molar-refractivity contribution in [3.8, 4) is 11.5 Å². The van der Waals surface area contributed by atoms with Gasteiger partial charge in [-0.2, -0.15) is 0 Å². The van der Waals surface area contributed by atoms with Gasteiger partial charge in [-0.3, -0.25) is 0 Å². The van der Waals surface area contributed by atoms with Crippen LogP contribution in [0.3, 0.4) is 0 Å². The maximum absolute atomic E-state index is 10.8. The van der Waals surface area contributed by atoms with E-state index in [0.717, 1.165) is 6.07 Å². The highest BCUT2D eigenvalue weighted by molar-refractivity contribution is 9.10. The number of hydrogen-bond acceptors (Lipinski definition) is 3. The quantitative estimate of drug-likeness (QED) is 0.761. The van der Waals surface area contributed by atoms with E-state index in [1.54, 1.807) is 6.92 Å². The monoisotopic (exact) mass is 260 g/mol. The zero-order chi connectivity index (χ0) is 10.9. The average Bonchev–Trinajstić information content (AvgIpc) is 2.13. The van der Waals surface area contributed by atoms with E-state index >= 15 is 0 Å². The van der Waals surface area contributed by atoms with Crippen LogP contribution < -0.4 is 0 Å². The fourth-order valence-electron chi connectivity index (χ4n) is 1.22. The summed E-state index contributed by atoms with van der Waals surface area (Å²) < 4.78 is 0.124. The molecule has 0 radical (unpaired) electrons. The molecule has 0 saturated heterocycles. The Morgan fingerprint density at radius 1 is 1.50 bits per heavy atom. The summed E-state index contributed by atoms with van der Waals surface area (Å²) in [6.45, 7) is 1.73. The Hall–Kier alpha value is -1.23. The largest absolute Gasteiger partial charge is 0.507 e. The maximum atomic E-state index is 10.8. The van der Waals surface area contributed by atoms with E-state index in [4.69, 9.17) is 5.11 Å². The van der Waals surface area contributed by atoms with Crippen molar-refractivity contribution in [2.45, 2.75) is 13.3 Å². The topological polar surface area (TPSA) is 77.8 Å². The van der Waals surface area contributed by atoms with Crippen molar-refractivity contribution >= 4 is 21.9 Å². The number of halogens is 1. The molecule has 0 aliphatic heterocycles. The molecule has 0 atom stereocenters. The SMILES string of the molecule is CCc1c(C(=O)O)cc(O)c(Br)c1O. The van der Waals surface area contributed by atoms with Crippen LogP contribution in [0.1, 0.15) is 22.8 Å². The summed E-state index contributed by atoms with van der Waals surface area (Å²) in [5, 5.41) is 27.6. The molecule has 0 saturated carbocycles. The molecule has 0 unspecified atom stereocenters. The summed E-state index contributed by atoms with van der Waals surface area (Å²) >= 11 is 2.96. The highest BCUT2D eigenvalue weighted by atomic mass is 79.9. The normalized spacial score (nSPS) is 10.1. The lowest BCUT2D eigenvalue weighted by Gasteiger charge is -2.09. The van der Waals surface area contributed by atoms with E-state index in [1.807, 2.05) is 0 Å². The number of benzene rings is 1. The number of phenols is 2. The Morgan fingerprint density at radius 3 is 2.50 bits per heavy atom. The highest BCUT2D eigenvalue weighted by Crippen LogP contribution is 2.38. The molecule has 3 N–H and O–H groups in total. The lowest BCUT2D eigenvalue weighted by molar-refractivity contribution is 0.0694. The van der Waals surface area contributed by atoms with Gasteiger partial charge < -0.3 is 15.3 Å². The number of carbonyl (C=O) groups is 1. The van der Waals surface area contributed by atoms with Crippen molar-refractivity contribution in [2.24, 2.45) is 0 Å². The zero-order valence-electron chi connectivity index (χ0n) is 7.41.